The van der Waals surface area contributed by atoms with Gasteiger partial charge in [0.15, 0.2) is 0 Å². The van der Waals surface area contributed by atoms with E-state index in [0.717, 1.165) is 36.0 Å². The zero-order valence-electron chi connectivity index (χ0n) is 12.5. The molecule has 0 saturated carbocycles. The summed E-state index contributed by atoms with van der Waals surface area (Å²) in [6.45, 7) is 7.96. The van der Waals surface area contributed by atoms with Gasteiger partial charge in [-0.2, -0.15) is 0 Å². The van der Waals surface area contributed by atoms with E-state index in [4.69, 9.17) is 5.11 Å². The summed E-state index contributed by atoms with van der Waals surface area (Å²) in [6.07, 6.45) is 5.74. The summed E-state index contributed by atoms with van der Waals surface area (Å²) in [5.74, 6) is 0. The molecule has 0 bridgehead atoms. The van der Waals surface area contributed by atoms with Crippen molar-refractivity contribution >= 4 is 0 Å². The van der Waals surface area contributed by atoms with Gasteiger partial charge in [0.25, 0.3) is 0 Å². The highest BCUT2D eigenvalue weighted by molar-refractivity contribution is 5.40. The molecule has 0 radical (unpaired) electrons. The molecular weight excluding hydrogens is 236 g/mol. The summed E-state index contributed by atoms with van der Waals surface area (Å²) >= 11 is 0. The predicted octanol–water partition coefficient (Wildman–Crippen LogP) is 3.75. The van der Waals surface area contributed by atoms with Gasteiger partial charge in [-0.15, -0.1) is 0 Å². The molecule has 0 saturated heterocycles. The van der Waals surface area contributed by atoms with Crippen molar-refractivity contribution in [1.82, 2.24) is 0 Å². The topological polar surface area (TPSA) is 40.5 Å². The summed E-state index contributed by atoms with van der Waals surface area (Å²) in [5.41, 5.74) is 4.52. The van der Waals surface area contributed by atoms with Crippen molar-refractivity contribution in [1.29, 1.82) is 0 Å². The van der Waals surface area contributed by atoms with Crippen LogP contribution < -0.4 is 0 Å². The van der Waals surface area contributed by atoms with Crippen LogP contribution in [0.3, 0.4) is 0 Å². The first kappa shape index (κ1) is 15.9. The van der Waals surface area contributed by atoms with Gasteiger partial charge in [-0.3, -0.25) is 0 Å². The second-order valence-corrected chi connectivity index (χ2v) is 5.47. The lowest BCUT2D eigenvalue weighted by molar-refractivity contribution is 0.182. The first-order chi connectivity index (χ1) is 8.91. The Bertz CT molecular complexity index is 410. The van der Waals surface area contributed by atoms with Crippen LogP contribution in [0.2, 0.25) is 0 Å². The molecule has 0 spiro atoms. The molecule has 0 amide bonds. The summed E-state index contributed by atoms with van der Waals surface area (Å²) < 4.78 is 0. The van der Waals surface area contributed by atoms with Crippen LogP contribution in [0.1, 0.15) is 54.5 Å². The van der Waals surface area contributed by atoms with Gasteiger partial charge in [0.2, 0.25) is 0 Å². The summed E-state index contributed by atoms with van der Waals surface area (Å²) in [5, 5.41) is 19.4. The number of rotatable bonds is 6. The van der Waals surface area contributed by atoms with Crippen LogP contribution in [0.5, 0.6) is 0 Å². The molecule has 0 aromatic heterocycles. The van der Waals surface area contributed by atoms with E-state index in [-0.39, 0.29) is 6.10 Å². The fraction of sp³-hybridized carbons (Fsp3) is 0.529. The van der Waals surface area contributed by atoms with Gasteiger partial charge < -0.3 is 10.2 Å². The third kappa shape index (κ3) is 5.17. The summed E-state index contributed by atoms with van der Waals surface area (Å²) in [6, 6.07) is 4.21. The standard InChI is InChI=1S/C17H26O2/c1-12-10-13(2)17(14(3)11-12)16(19)9-7-5-6-8-15(4)18/h7,9-11,15-16,18-19H,5-6,8H2,1-4H3/b9-7+/t15-,16-/m1/s1. The molecule has 1 aromatic carbocycles. The lowest BCUT2D eigenvalue weighted by Crippen LogP contribution is -2.01. The van der Waals surface area contributed by atoms with Crippen molar-refractivity contribution in [2.45, 2.75) is 59.2 Å². The van der Waals surface area contributed by atoms with Gasteiger partial charge in [-0.05, 0) is 63.6 Å². The van der Waals surface area contributed by atoms with Crippen LogP contribution in [0.25, 0.3) is 0 Å². The molecular formula is C17H26O2. The number of hydrogen-bond donors (Lipinski definition) is 2. The zero-order valence-corrected chi connectivity index (χ0v) is 12.5. The Morgan fingerprint density at radius 3 is 2.21 bits per heavy atom. The smallest absolute Gasteiger partial charge is 0.0976 e. The second kappa shape index (κ2) is 7.46. The highest BCUT2D eigenvalue weighted by Crippen LogP contribution is 2.24. The second-order valence-electron chi connectivity index (χ2n) is 5.47. The molecule has 106 valence electrons. The Morgan fingerprint density at radius 1 is 1.11 bits per heavy atom. The summed E-state index contributed by atoms with van der Waals surface area (Å²) in [7, 11) is 0. The Labute approximate surface area is 116 Å². The fourth-order valence-corrected chi connectivity index (χ4v) is 2.51. The monoisotopic (exact) mass is 262 g/mol. The molecule has 19 heavy (non-hydrogen) atoms. The Morgan fingerprint density at radius 2 is 1.68 bits per heavy atom. The minimum absolute atomic E-state index is 0.236. The van der Waals surface area contributed by atoms with Gasteiger partial charge in [-0.1, -0.05) is 29.8 Å². The molecule has 0 aliphatic rings. The normalized spacial score (nSPS) is 14.8. The van der Waals surface area contributed by atoms with E-state index in [1.807, 2.05) is 26.0 Å². The summed E-state index contributed by atoms with van der Waals surface area (Å²) in [4.78, 5) is 0. The molecule has 0 aliphatic carbocycles. The number of aliphatic hydroxyl groups is 2. The number of aryl methyl sites for hydroxylation is 3. The van der Waals surface area contributed by atoms with Crippen molar-refractivity contribution in [3.8, 4) is 0 Å². The zero-order chi connectivity index (χ0) is 14.4. The van der Waals surface area contributed by atoms with Crippen LogP contribution in [-0.4, -0.2) is 16.3 Å². The molecule has 2 N–H and O–H groups in total. The Balaban J connectivity index is 2.63. The quantitative estimate of drug-likeness (QED) is 0.605. The molecule has 2 atom stereocenters. The lowest BCUT2D eigenvalue weighted by atomic mass is 9.95. The van der Waals surface area contributed by atoms with Gasteiger partial charge in [-0.25, -0.2) is 0 Å². The first-order valence-electron chi connectivity index (χ1n) is 7.02. The van der Waals surface area contributed by atoms with E-state index in [1.54, 1.807) is 6.92 Å². The molecule has 0 aliphatic heterocycles. The number of aliphatic hydroxyl groups excluding tert-OH is 2. The van der Waals surface area contributed by atoms with E-state index >= 15 is 0 Å². The third-order valence-corrected chi connectivity index (χ3v) is 3.34. The van der Waals surface area contributed by atoms with Gasteiger partial charge >= 0.3 is 0 Å². The van der Waals surface area contributed by atoms with E-state index < -0.39 is 6.10 Å². The first-order valence-corrected chi connectivity index (χ1v) is 7.02. The van der Waals surface area contributed by atoms with Crippen LogP contribution >= 0.6 is 0 Å². The van der Waals surface area contributed by atoms with Crippen molar-refractivity contribution in [2.75, 3.05) is 0 Å². The minimum atomic E-state index is -0.535. The largest absolute Gasteiger partial charge is 0.393 e. The molecule has 1 rings (SSSR count). The molecule has 2 heteroatoms. The van der Waals surface area contributed by atoms with Crippen molar-refractivity contribution in [2.24, 2.45) is 0 Å². The average Bonchev–Trinajstić information content (AvgIpc) is 2.26. The fourth-order valence-electron chi connectivity index (χ4n) is 2.51. The van der Waals surface area contributed by atoms with Gasteiger partial charge in [0, 0.05) is 0 Å². The SMILES string of the molecule is Cc1cc(C)c([C@H](O)/C=C/CCC[C@@H](C)O)c(C)c1. The number of allylic oxidation sites excluding steroid dienone is 1. The number of unbranched alkanes of at least 4 members (excludes halogenated alkanes) is 1. The highest BCUT2D eigenvalue weighted by atomic mass is 16.3. The molecule has 0 heterocycles. The van der Waals surface area contributed by atoms with Crippen LogP contribution in [0, 0.1) is 20.8 Å². The Hall–Kier alpha value is -1.12. The lowest BCUT2D eigenvalue weighted by Gasteiger charge is -2.14. The van der Waals surface area contributed by atoms with Crippen LogP contribution in [0.4, 0.5) is 0 Å². The maximum absolute atomic E-state index is 10.2. The molecule has 2 nitrogen and oxygen atoms in total. The van der Waals surface area contributed by atoms with Crippen molar-refractivity contribution in [3.63, 3.8) is 0 Å². The van der Waals surface area contributed by atoms with E-state index in [9.17, 15) is 5.11 Å². The van der Waals surface area contributed by atoms with Gasteiger partial charge in [0.05, 0.1) is 12.2 Å². The van der Waals surface area contributed by atoms with Crippen LogP contribution in [-0.2, 0) is 0 Å². The van der Waals surface area contributed by atoms with E-state index in [2.05, 4.69) is 19.1 Å². The van der Waals surface area contributed by atoms with Crippen LogP contribution in [0.15, 0.2) is 24.3 Å². The van der Waals surface area contributed by atoms with E-state index in [0.29, 0.717) is 0 Å². The van der Waals surface area contributed by atoms with Crippen molar-refractivity contribution < 1.29 is 10.2 Å². The third-order valence-electron chi connectivity index (χ3n) is 3.34. The maximum Gasteiger partial charge on any atom is 0.0976 e. The average molecular weight is 262 g/mol. The van der Waals surface area contributed by atoms with Gasteiger partial charge in [0.1, 0.15) is 0 Å². The molecule has 0 fully saturated rings. The predicted molar refractivity (Wildman–Crippen MR) is 80.3 cm³/mol. The molecule has 1 aromatic rings. The Kier molecular flexibility index (Phi) is 6.26. The highest BCUT2D eigenvalue weighted by Gasteiger charge is 2.10. The van der Waals surface area contributed by atoms with Crippen molar-refractivity contribution in [3.05, 3.63) is 46.5 Å². The maximum atomic E-state index is 10.2. The minimum Gasteiger partial charge on any atom is -0.393 e. The molecule has 0 unspecified atom stereocenters. The van der Waals surface area contributed by atoms with E-state index in [1.165, 1.54) is 5.56 Å². The number of hydrogen-bond acceptors (Lipinski definition) is 2. The number of benzene rings is 1.